The average molecular weight is 343 g/mol. The van der Waals surface area contributed by atoms with E-state index in [-0.39, 0.29) is 18.3 Å². The number of nitrogens with zero attached hydrogens (tertiary/aromatic N) is 3. The fraction of sp³-hybridized carbons (Fsp3) is 0.750. The molecule has 6 nitrogen and oxygen atoms in total. The van der Waals surface area contributed by atoms with E-state index in [0.29, 0.717) is 5.92 Å². The lowest BCUT2D eigenvalue weighted by Gasteiger charge is -2.42. The molecule has 3 heterocycles. The maximum atomic E-state index is 13.3. The van der Waals surface area contributed by atoms with E-state index in [9.17, 15) is 4.79 Å². The maximum Gasteiger partial charge on any atom is 0.250 e. The summed E-state index contributed by atoms with van der Waals surface area (Å²) in [5, 5.41) is 7.76. The average Bonchev–Trinajstić information content (AvgIpc) is 3.10. The molecule has 7 heteroatoms. The third-order valence-corrected chi connectivity index (χ3v) is 4.98. The van der Waals surface area contributed by atoms with Crippen molar-refractivity contribution >= 4 is 18.3 Å². The SMILES string of the molecule is COCC1CCCN(C(=O)C2(n3cccn3)CCNCC2)C1.Cl. The van der Waals surface area contributed by atoms with E-state index in [1.807, 2.05) is 21.8 Å². The molecular formula is C16H27ClN4O2. The summed E-state index contributed by atoms with van der Waals surface area (Å²) in [6.45, 7) is 4.13. The maximum absolute atomic E-state index is 13.3. The Morgan fingerprint density at radius 2 is 2.22 bits per heavy atom. The molecule has 130 valence electrons. The van der Waals surface area contributed by atoms with Crippen molar-refractivity contribution in [3.05, 3.63) is 18.5 Å². The predicted molar refractivity (Wildman–Crippen MR) is 90.7 cm³/mol. The molecule has 2 aliphatic heterocycles. The Kier molecular flexibility index (Phi) is 6.44. The molecule has 1 unspecified atom stereocenters. The summed E-state index contributed by atoms with van der Waals surface area (Å²) >= 11 is 0. The molecule has 1 N–H and O–H groups in total. The number of methoxy groups -OCH3 is 1. The van der Waals surface area contributed by atoms with Crippen LogP contribution in [0, 0.1) is 5.92 Å². The molecule has 0 spiro atoms. The van der Waals surface area contributed by atoms with Gasteiger partial charge >= 0.3 is 0 Å². The summed E-state index contributed by atoms with van der Waals surface area (Å²) < 4.78 is 7.17. The fourth-order valence-electron chi connectivity index (χ4n) is 3.82. The number of hydrogen-bond donors (Lipinski definition) is 1. The van der Waals surface area contributed by atoms with Gasteiger partial charge in [0.2, 0.25) is 0 Å². The second kappa shape index (κ2) is 8.13. The molecule has 3 rings (SSSR count). The van der Waals surface area contributed by atoms with E-state index < -0.39 is 5.54 Å². The van der Waals surface area contributed by atoms with Crippen LogP contribution in [0.1, 0.15) is 25.7 Å². The summed E-state index contributed by atoms with van der Waals surface area (Å²) in [7, 11) is 1.73. The Morgan fingerprint density at radius 1 is 1.43 bits per heavy atom. The van der Waals surface area contributed by atoms with Gasteiger partial charge in [-0.3, -0.25) is 9.48 Å². The highest BCUT2D eigenvalue weighted by Crippen LogP contribution is 2.31. The zero-order valence-corrected chi connectivity index (χ0v) is 14.6. The van der Waals surface area contributed by atoms with Crippen LogP contribution in [0.4, 0.5) is 0 Å². The zero-order valence-electron chi connectivity index (χ0n) is 13.7. The van der Waals surface area contributed by atoms with E-state index in [0.717, 1.165) is 58.5 Å². The summed E-state index contributed by atoms with van der Waals surface area (Å²) in [4.78, 5) is 15.4. The van der Waals surface area contributed by atoms with E-state index in [1.54, 1.807) is 13.3 Å². The first kappa shape index (κ1) is 18.2. The Bertz CT molecular complexity index is 486. The van der Waals surface area contributed by atoms with E-state index in [2.05, 4.69) is 10.4 Å². The number of hydrogen-bond acceptors (Lipinski definition) is 4. The summed E-state index contributed by atoms with van der Waals surface area (Å²) in [5.41, 5.74) is -0.510. The lowest BCUT2D eigenvalue weighted by atomic mass is 9.85. The number of halogens is 1. The number of carbonyl (C=O) groups excluding carboxylic acids is 1. The van der Waals surface area contributed by atoms with Crippen LogP contribution < -0.4 is 5.32 Å². The van der Waals surface area contributed by atoms with Gasteiger partial charge in [-0.2, -0.15) is 5.10 Å². The fourth-order valence-corrected chi connectivity index (χ4v) is 3.82. The van der Waals surface area contributed by atoms with Gasteiger partial charge in [0.1, 0.15) is 5.54 Å². The first-order chi connectivity index (χ1) is 10.8. The van der Waals surface area contributed by atoms with Crippen molar-refractivity contribution in [1.29, 1.82) is 0 Å². The van der Waals surface area contributed by atoms with Crippen LogP contribution in [0.3, 0.4) is 0 Å². The number of aromatic nitrogens is 2. The van der Waals surface area contributed by atoms with Crippen molar-refractivity contribution in [2.45, 2.75) is 31.2 Å². The van der Waals surface area contributed by atoms with Crippen molar-refractivity contribution in [2.24, 2.45) is 5.92 Å². The first-order valence-corrected chi connectivity index (χ1v) is 8.25. The Labute approximate surface area is 144 Å². The molecule has 1 aromatic rings. The lowest BCUT2D eigenvalue weighted by molar-refractivity contribution is -0.145. The quantitative estimate of drug-likeness (QED) is 0.895. The largest absolute Gasteiger partial charge is 0.384 e. The highest BCUT2D eigenvalue weighted by atomic mass is 35.5. The first-order valence-electron chi connectivity index (χ1n) is 8.25. The molecule has 2 aliphatic rings. The van der Waals surface area contributed by atoms with Gasteiger partial charge in [0.05, 0.1) is 6.61 Å². The van der Waals surface area contributed by atoms with Crippen LogP contribution in [-0.4, -0.2) is 60.5 Å². The van der Waals surface area contributed by atoms with Crippen molar-refractivity contribution < 1.29 is 9.53 Å². The van der Waals surface area contributed by atoms with Crippen molar-refractivity contribution in [2.75, 3.05) is 39.9 Å². The van der Waals surface area contributed by atoms with Crippen molar-refractivity contribution in [1.82, 2.24) is 20.0 Å². The van der Waals surface area contributed by atoms with Crippen molar-refractivity contribution in [3.63, 3.8) is 0 Å². The van der Waals surface area contributed by atoms with Gasteiger partial charge in [-0.25, -0.2) is 0 Å². The molecule has 0 saturated carbocycles. The number of ether oxygens (including phenoxy) is 1. The lowest BCUT2D eigenvalue weighted by Crippen LogP contribution is -2.57. The zero-order chi connectivity index (χ0) is 15.4. The van der Waals surface area contributed by atoms with Gasteiger partial charge in [0, 0.05) is 32.6 Å². The second-order valence-corrected chi connectivity index (χ2v) is 6.45. The number of rotatable bonds is 4. The van der Waals surface area contributed by atoms with Gasteiger partial charge < -0.3 is 15.0 Å². The molecule has 0 aliphatic carbocycles. The van der Waals surface area contributed by atoms with Crippen LogP contribution in [0.15, 0.2) is 18.5 Å². The Balaban J connectivity index is 0.00000192. The minimum absolute atomic E-state index is 0. The molecular weight excluding hydrogens is 316 g/mol. The summed E-state index contributed by atoms with van der Waals surface area (Å²) in [6, 6.07) is 1.90. The molecule has 0 aromatic carbocycles. The molecule has 2 fully saturated rings. The molecule has 0 radical (unpaired) electrons. The van der Waals surface area contributed by atoms with Gasteiger partial charge in [-0.15, -0.1) is 12.4 Å². The van der Waals surface area contributed by atoms with Crippen LogP contribution >= 0.6 is 12.4 Å². The van der Waals surface area contributed by atoms with Gasteiger partial charge in [0.15, 0.2) is 0 Å². The van der Waals surface area contributed by atoms with Gasteiger partial charge in [-0.05, 0) is 50.8 Å². The molecule has 2 saturated heterocycles. The van der Waals surface area contributed by atoms with Crippen LogP contribution in [0.25, 0.3) is 0 Å². The van der Waals surface area contributed by atoms with Gasteiger partial charge in [-0.1, -0.05) is 0 Å². The van der Waals surface area contributed by atoms with Crippen LogP contribution in [-0.2, 0) is 15.1 Å². The molecule has 1 atom stereocenters. The number of likely N-dealkylation sites (tertiary alicyclic amines) is 1. The number of amides is 1. The van der Waals surface area contributed by atoms with E-state index >= 15 is 0 Å². The molecule has 1 aromatic heterocycles. The molecule has 1 amide bonds. The second-order valence-electron chi connectivity index (χ2n) is 6.45. The Morgan fingerprint density at radius 3 is 2.87 bits per heavy atom. The monoisotopic (exact) mass is 342 g/mol. The standard InChI is InChI=1S/C16H26N4O2.ClH/c1-22-13-14-4-2-10-19(12-14)15(21)16(5-8-17-9-6-16)20-11-3-7-18-20;/h3,7,11,14,17H,2,4-6,8-10,12-13H2,1H3;1H. The topological polar surface area (TPSA) is 59.4 Å². The molecule has 23 heavy (non-hydrogen) atoms. The third-order valence-electron chi connectivity index (χ3n) is 4.98. The van der Waals surface area contributed by atoms with E-state index in [1.165, 1.54) is 0 Å². The minimum atomic E-state index is -0.510. The number of nitrogens with one attached hydrogen (secondary N) is 1. The number of piperidine rings is 2. The van der Waals surface area contributed by atoms with Gasteiger partial charge in [0.25, 0.3) is 5.91 Å². The summed E-state index contributed by atoms with van der Waals surface area (Å²) in [5.74, 6) is 0.692. The predicted octanol–water partition coefficient (Wildman–Crippen LogP) is 1.27. The smallest absolute Gasteiger partial charge is 0.250 e. The highest BCUT2D eigenvalue weighted by molar-refractivity contribution is 5.85. The highest BCUT2D eigenvalue weighted by Gasteiger charge is 2.45. The normalized spacial score (nSPS) is 24.0. The van der Waals surface area contributed by atoms with Crippen LogP contribution in [0.5, 0.6) is 0 Å². The number of carbonyl (C=O) groups is 1. The van der Waals surface area contributed by atoms with Crippen LogP contribution in [0.2, 0.25) is 0 Å². The van der Waals surface area contributed by atoms with E-state index in [4.69, 9.17) is 4.74 Å². The minimum Gasteiger partial charge on any atom is -0.384 e. The molecule has 0 bridgehead atoms. The third kappa shape index (κ3) is 3.70. The summed E-state index contributed by atoms with van der Waals surface area (Å²) in [6.07, 6.45) is 7.51. The van der Waals surface area contributed by atoms with Crippen molar-refractivity contribution in [3.8, 4) is 0 Å². The Hall–Kier alpha value is -1.11.